The molecule has 3 heterocycles. The first kappa shape index (κ1) is 22.6. The second-order valence-electron chi connectivity index (χ2n) is 8.10. The van der Waals surface area contributed by atoms with Gasteiger partial charge in [0, 0.05) is 30.9 Å². The van der Waals surface area contributed by atoms with Gasteiger partial charge in [0.2, 0.25) is 6.79 Å². The highest BCUT2D eigenvalue weighted by atomic mass is 35.5. The summed E-state index contributed by atoms with van der Waals surface area (Å²) in [5.74, 6) is 0.247. The molecule has 2 amide bonds. The molecule has 176 valence electrons. The molecule has 34 heavy (non-hydrogen) atoms. The third-order valence-electron chi connectivity index (χ3n) is 5.95. The van der Waals surface area contributed by atoms with Crippen molar-refractivity contribution in [2.45, 2.75) is 25.3 Å². The second-order valence-corrected chi connectivity index (χ2v) is 9.40. The Morgan fingerprint density at radius 3 is 2.76 bits per heavy atom. The molecule has 2 aliphatic heterocycles. The number of carbonyl (C=O) groups is 2. The van der Waals surface area contributed by atoms with Crippen molar-refractivity contribution in [3.63, 3.8) is 0 Å². The first-order valence-electron chi connectivity index (χ1n) is 10.8. The number of thiazole rings is 1. The molecule has 2 aliphatic rings. The fraction of sp³-hybridized carbons (Fsp3) is 0.292. The number of likely N-dealkylation sites (tertiary alicyclic amines) is 1. The largest absolute Gasteiger partial charge is 0.454 e. The van der Waals surface area contributed by atoms with Crippen LogP contribution in [0.25, 0.3) is 0 Å². The van der Waals surface area contributed by atoms with Crippen LogP contribution in [-0.4, -0.2) is 41.6 Å². The molecule has 0 radical (unpaired) electrons. The third-order valence-corrected chi connectivity index (χ3v) is 7.27. The van der Waals surface area contributed by atoms with Gasteiger partial charge >= 0.3 is 0 Å². The molecule has 10 heteroatoms. The van der Waals surface area contributed by atoms with E-state index in [0.29, 0.717) is 49.7 Å². The van der Waals surface area contributed by atoms with Crippen LogP contribution in [-0.2, 0) is 6.54 Å². The average molecular weight is 502 g/mol. The van der Waals surface area contributed by atoms with E-state index < -0.39 is 11.7 Å². The Kier molecular flexibility index (Phi) is 6.38. The monoisotopic (exact) mass is 501 g/mol. The molecule has 1 saturated heterocycles. The summed E-state index contributed by atoms with van der Waals surface area (Å²) in [4.78, 5) is 31.5. The summed E-state index contributed by atoms with van der Waals surface area (Å²) in [5.41, 5.74) is 1.19. The van der Waals surface area contributed by atoms with E-state index in [1.165, 1.54) is 29.5 Å². The lowest BCUT2D eigenvalue weighted by Crippen LogP contribution is -2.38. The van der Waals surface area contributed by atoms with Crippen LogP contribution in [0.2, 0.25) is 5.02 Å². The Bertz CT molecular complexity index is 1220. The highest BCUT2D eigenvalue weighted by molar-refractivity contribution is 7.09. The van der Waals surface area contributed by atoms with Gasteiger partial charge in [0.15, 0.2) is 11.5 Å². The summed E-state index contributed by atoms with van der Waals surface area (Å²) in [7, 11) is 0. The SMILES string of the molecule is O=C(NCc1ccc2c(c1)OCO2)c1csc(C2CCN(C(=O)c3c(F)cccc3Cl)CC2)n1. The Labute approximate surface area is 204 Å². The Morgan fingerprint density at radius 2 is 1.97 bits per heavy atom. The smallest absolute Gasteiger partial charge is 0.271 e. The molecule has 0 aliphatic carbocycles. The maximum atomic E-state index is 14.1. The normalized spacial score (nSPS) is 15.4. The van der Waals surface area contributed by atoms with Crippen molar-refractivity contribution in [3.8, 4) is 11.5 Å². The summed E-state index contributed by atoms with van der Waals surface area (Å²) in [6, 6.07) is 9.77. The van der Waals surface area contributed by atoms with Gasteiger partial charge in [0.1, 0.15) is 11.5 Å². The van der Waals surface area contributed by atoms with Gasteiger partial charge in [-0.25, -0.2) is 9.37 Å². The second kappa shape index (κ2) is 9.60. The number of nitrogens with zero attached hydrogens (tertiary/aromatic N) is 2. The predicted molar refractivity (Wildman–Crippen MR) is 125 cm³/mol. The van der Waals surface area contributed by atoms with Crippen LogP contribution < -0.4 is 14.8 Å². The van der Waals surface area contributed by atoms with Gasteiger partial charge in [0.25, 0.3) is 11.8 Å². The van der Waals surface area contributed by atoms with Crippen molar-refractivity contribution in [3.05, 3.63) is 74.4 Å². The van der Waals surface area contributed by atoms with E-state index in [4.69, 9.17) is 21.1 Å². The fourth-order valence-electron chi connectivity index (χ4n) is 4.09. The van der Waals surface area contributed by atoms with Gasteiger partial charge in [0.05, 0.1) is 15.6 Å². The zero-order valence-corrected chi connectivity index (χ0v) is 19.6. The minimum absolute atomic E-state index is 0.0849. The van der Waals surface area contributed by atoms with E-state index >= 15 is 0 Å². The number of fused-ring (bicyclic) bond motifs is 1. The number of piperidine rings is 1. The minimum Gasteiger partial charge on any atom is -0.454 e. The van der Waals surface area contributed by atoms with E-state index in [1.807, 2.05) is 18.2 Å². The number of rotatable bonds is 5. The lowest BCUT2D eigenvalue weighted by Gasteiger charge is -2.31. The zero-order chi connectivity index (χ0) is 23.7. The van der Waals surface area contributed by atoms with Crippen LogP contribution in [0.15, 0.2) is 41.8 Å². The lowest BCUT2D eigenvalue weighted by atomic mass is 9.97. The summed E-state index contributed by atoms with van der Waals surface area (Å²) in [6.45, 7) is 1.50. The standard InChI is InChI=1S/C24H21ClFN3O4S/c25-16-2-1-3-17(26)21(16)24(31)29-8-6-15(7-9-29)23-28-18(12-34-23)22(30)27-11-14-4-5-19-20(10-14)33-13-32-19/h1-5,10,12,15H,6-9,11,13H2,(H,27,30). The molecule has 3 aromatic rings. The van der Waals surface area contributed by atoms with Crippen molar-refractivity contribution in [1.29, 1.82) is 0 Å². The number of amides is 2. The molecule has 2 aromatic carbocycles. The van der Waals surface area contributed by atoms with Crippen molar-refractivity contribution in [2.24, 2.45) is 0 Å². The van der Waals surface area contributed by atoms with Crippen LogP contribution in [0.1, 0.15) is 50.2 Å². The molecule has 1 N–H and O–H groups in total. The van der Waals surface area contributed by atoms with Crippen molar-refractivity contribution in [2.75, 3.05) is 19.9 Å². The van der Waals surface area contributed by atoms with Crippen LogP contribution in [0.5, 0.6) is 11.5 Å². The number of ether oxygens (including phenoxy) is 2. The fourth-order valence-corrected chi connectivity index (χ4v) is 5.31. The molecule has 0 saturated carbocycles. The average Bonchev–Trinajstić information content (AvgIpc) is 3.52. The number of carbonyl (C=O) groups excluding carboxylic acids is 2. The Hall–Kier alpha value is -3.17. The van der Waals surface area contributed by atoms with Crippen LogP contribution in [0, 0.1) is 5.82 Å². The van der Waals surface area contributed by atoms with Gasteiger partial charge in [-0.2, -0.15) is 0 Å². The molecule has 0 bridgehead atoms. The zero-order valence-electron chi connectivity index (χ0n) is 18.1. The quantitative estimate of drug-likeness (QED) is 0.552. The highest BCUT2D eigenvalue weighted by Crippen LogP contribution is 2.33. The maximum Gasteiger partial charge on any atom is 0.271 e. The number of halogens is 2. The maximum absolute atomic E-state index is 14.1. The van der Waals surface area contributed by atoms with E-state index in [9.17, 15) is 14.0 Å². The van der Waals surface area contributed by atoms with Crippen LogP contribution in [0.4, 0.5) is 4.39 Å². The number of aromatic nitrogens is 1. The van der Waals surface area contributed by atoms with Crippen LogP contribution in [0.3, 0.4) is 0 Å². The summed E-state index contributed by atoms with van der Waals surface area (Å²) in [5, 5.41) is 5.61. The first-order valence-corrected chi connectivity index (χ1v) is 12.1. The third kappa shape index (κ3) is 4.58. The molecule has 1 fully saturated rings. The molecule has 0 unspecified atom stereocenters. The molecule has 0 spiro atoms. The number of nitrogens with one attached hydrogen (secondary N) is 1. The van der Waals surface area contributed by atoms with E-state index in [0.717, 1.165) is 10.6 Å². The van der Waals surface area contributed by atoms with E-state index in [1.54, 1.807) is 10.3 Å². The van der Waals surface area contributed by atoms with Crippen LogP contribution >= 0.6 is 22.9 Å². The first-order chi connectivity index (χ1) is 16.5. The molecule has 1 aromatic heterocycles. The topological polar surface area (TPSA) is 80.8 Å². The van der Waals surface area contributed by atoms with Gasteiger partial charge in [-0.15, -0.1) is 11.3 Å². The minimum atomic E-state index is -0.615. The molecular formula is C24H21ClFN3O4S. The Morgan fingerprint density at radius 1 is 1.18 bits per heavy atom. The summed E-state index contributed by atoms with van der Waals surface area (Å²) >= 11 is 7.48. The molecular weight excluding hydrogens is 481 g/mol. The highest BCUT2D eigenvalue weighted by Gasteiger charge is 2.29. The summed E-state index contributed by atoms with van der Waals surface area (Å²) in [6.07, 6.45) is 1.37. The van der Waals surface area contributed by atoms with Crippen molar-refractivity contribution >= 4 is 34.8 Å². The lowest BCUT2D eigenvalue weighted by molar-refractivity contribution is 0.0708. The van der Waals surface area contributed by atoms with Gasteiger partial charge in [-0.05, 0) is 42.7 Å². The molecule has 0 atom stereocenters. The number of hydrogen-bond acceptors (Lipinski definition) is 6. The van der Waals surface area contributed by atoms with Gasteiger partial charge in [-0.3, -0.25) is 9.59 Å². The number of hydrogen-bond donors (Lipinski definition) is 1. The number of benzene rings is 2. The Balaban J connectivity index is 1.16. The molecule has 5 rings (SSSR count). The molecule has 7 nitrogen and oxygen atoms in total. The van der Waals surface area contributed by atoms with Gasteiger partial charge in [-0.1, -0.05) is 23.7 Å². The van der Waals surface area contributed by atoms with E-state index in [-0.39, 0.29) is 29.2 Å². The van der Waals surface area contributed by atoms with Crippen molar-refractivity contribution in [1.82, 2.24) is 15.2 Å². The van der Waals surface area contributed by atoms with E-state index in [2.05, 4.69) is 10.3 Å². The van der Waals surface area contributed by atoms with Gasteiger partial charge < -0.3 is 19.7 Å². The van der Waals surface area contributed by atoms with Crippen molar-refractivity contribution < 1.29 is 23.5 Å². The predicted octanol–water partition coefficient (Wildman–Crippen LogP) is 4.61. The summed E-state index contributed by atoms with van der Waals surface area (Å²) < 4.78 is 24.8.